The molecule has 0 N–H and O–H groups in total. The number of rotatable bonds is 3. The van der Waals surface area contributed by atoms with Crippen LogP contribution in [0.1, 0.15) is 24.3 Å². The number of anilines is 1. The smallest absolute Gasteiger partial charge is 0.132 e. The average molecular weight is 338 g/mol. The Morgan fingerprint density at radius 3 is 2.86 bits per heavy atom. The zero-order chi connectivity index (χ0) is 15.5. The number of benzene rings is 1. The van der Waals surface area contributed by atoms with Crippen LogP contribution in [0.25, 0.3) is 0 Å². The van der Waals surface area contributed by atoms with Crippen LogP contribution >= 0.6 is 23.2 Å². The molecule has 1 atom stereocenters. The molecule has 1 aliphatic rings. The van der Waals surface area contributed by atoms with E-state index in [2.05, 4.69) is 21.8 Å². The minimum absolute atomic E-state index is 0.0384. The van der Waals surface area contributed by atoms with Crippen molar-refractivity contribution in [2.75, 3.05) is 24.6 Å². The summed E-state index contributed by atoms with van der Waals surface area (Å²) in [6.07, 6.45) is 2.48. The van der Waals surface area contributed by atoms with Crippen molar-refractivity contribution < 1.29 is 4.74 Å². The Morgan fingerprint density at radius 2 is 2.09 bits per heavy atom. The van der Waals surface area contributed by atoms with Crippen molar-refractivity contribution in [2.45, 2.75) is 19.4 Å². The molecule has 1 aliphatic heterocycles. The number of halogens is 2. The van der Waals surface area contributed by atoms with Crippen molar-refractivity contribution in [1.82, 2.24) is 9.97 Å². The van der Waals surface area contributed by atoms with Gasteiger partial charge in [-0.3, -0.25) is 0 Å². The number of aromatic nitrogens is 2. The largest absolute Gasteiger partial charge is 0.370 e. The van der Waals surface area contributed by atoms with E-state index >= 15 is 0 Å². The summed E-state index contributed by atoms with van der Waals surface area (Å²) in [4.78, 5) is 10.9. The van der Waals surface area contributed by atoms with Gasteiger partial charge in [0.15, 0.2) is 0 Å². The van der Waals surface area contributed by atoms with Crippen molar-refractivity contribution in [3.05, 3.63) is 51.9 Å². The molecule has 1 fully saturated rings. The molecule has 6 heteroatoms. The summed E-state index contributed by atoms with van der Waals surface area (Å²) in [6, 6.07) is 7.67. The summed E-state index contributed by atoms with van der Waals surface area (Å²) < 4.78 is 5.88. The summed E-state index contributed by atoms with van der Waals surface area (Å²) in [5.74, 6) is 0.945. The fourth-order valence-electron chi connectivity index (χ4n) is 2.52. The van der Waals surface area contributed by atoms with Crippen LogP contribution in [-0.4, -0.2) is 29.7 Å². The van der Waals surface area contributed by atoms with Gasteiger partial charge in [-0.25, -0.2) is 9.97 Å². The second-order valence-electron chi connectivity index (χ2n) is 5.20. The van der Waals surface area contributed by atoms with Crippen LogP contribution in [0, 0.1) is 0 Å². The molecule has 0 spiro atoms. The quantitative estimate of drug-likeness (QED) is 0.850. The van der Waals surface area contributed by atoms with Gasteiger partial charge in [0.1, 0.15) is 18.2 Å². The molecule has 0 unspecified atom stereocenters. The van der Waals surface area contributed by atoms with E-state index in [0.29, 0.717) is 16.7 Å². The van der Waals surface area contributed by atoms with E-state index in [-0.39, 0.29) is 6.10 Å². The molecule has 1 aromatic heterocycles. The molecule has 2 heterocycles. The fraction of sp³-hybridized carbons (Fsp3) is 0.375. The number of aryl methyl sites for hydroxylation is 1. The third kappa shape index (κ3) is 3.35. The molecule has 4 nitrogen and oxygen atoms in total. The maximum atomic E-state index is 6.10. The van der Waals surface area contributed by atoms with Crippen molar-refractivity contribution in [3.63, 3.8) is 0 Å². The molecule has 116 valence electrons. The van der Waals surface area contributed by atoms with E-state index in [1.54, 1.807) is 12.4 Å². The zero-order valence-electron chi connectivity index (χ0n) is 12.3. The minimum atomic E-state index is -0.0384. The average Bonchev–Trinajstić information content (AvgIpc) is 2.57. The number of hydrogen-bond donors (Lipinski definition) is 0. The van der Waals surface area contributed by atoms with Crippen molar-refractivity contribution >= 4 is 29.0 Å². The molecule has 22 heavy (non-hydrogen) atoms. The van der Waals surface area contributed by atoms with Crippen LogP contribution in [0.4, 0.5) is 5.82 Å². The topological polar surface area (TPSA) is 38.2 Å². The van der Waals surface area contributed by atoms with E-state index in [9.17, 15) is 0 Å². The van der Waals surface area contributed by atoms with Crippen LogP contribution in [0.5, 0.6) is 0 Å². The lowest BCUT2D eigenvalue weighted by atomic mass is 10.1. The summed E-state index contributed by atoms with van der Waals surface area (Å²) >= 11 is 12.1. The first-order valence-electron chi connectivity index (χ1n) is 7.29. The Labute approximate surface area is 140 Å². The van der Waals surface area contributed by atoms with Crippen LogP contribution < -0.4 is 4.90 Å². The van der Waals surface area contributed by atoms with Crippen LogP contribution in [0.15, 0.2) is 30.6 Å². The lowest BCUT2D eigenvalue weighted by Gasteiger charge is -2.34. The Morgan fingerprint density at radius 1 is 1.23 bits per heavy atom. The molecule has 3 rings (SSSR count). The highest BCUT2D eigenvalue weighted by Crippen LogP contribution is 2.30. The second-order valence-corrected chi connectivity index (χ2v) is 6.01. The van der Waals surface area contributed by atoms with E-state index in [4.69, 9.17) is 27.9 Å². The molecule has 0 bridgehead atoms. The summed E-state index contributed by atoms with van der Waals surface area (Å²) in [7, 11) is 0. The Balaban J connectivity index is 1.80. The highest BCUT2D eigenvalue weighted by atomic mass is 35.5. The lowest BCUT2D eigenvalue weighted by Crippen LogP contribution is -2.39. The normalized spacial score (nSPS) is 18.5. The van der Waals surface area contributed by atoms with Gasteiger partial charge in [-0.2, -0.15) is 0 Å². The van der Waals surface area contributed by atoms with Crippen molar-refractivity contribution in [2.24, 2.45) is 0 Å². The predicted molar refractivity (Wildman–Crippen MR) is 88.8 cm³/mol. The Kier molecular flexibility index (Phi) is 4.81. The third-order valence-electron chi connectivity index (χ3n) is 3.78. The van der Waals surface area contributed by atoms with E-state index < -0.39 is 0 Å². The molecule has 0 amide bonds. The standard InChI is InChI=1S/C16H17Cl2N3O/c1-2-12-8-16(20-10-19-12)21-5-6-22-15(9-21)11-3-4-13(17)14(18)7-11/h3-4,7-8,10,15H,2,5-6,9H2,1H3/t15-/m1/s1. The first-order chi connectivity index (χ1) is 10.7. The molecule has 0 radical (unpaired) electrons. The fourth-order valence-corrected chi connectivity index (χ4v) is 2.83. The molecule has 0 aliphatic carbocycles. The first kappa shape index (κ1) is 15.5. The maximum absolute atomic E-state index is 6.10. The van der Waals surface area contributed by atoms with Gasteiger partial charge in [0.25, 0.3) is 0 Å². The third-order valence-corrected chi connectivity index (χ3v) is 4.52. The van der Waals surface area contributed by atoms with Gasteiger partial charge in [-0.1, -0.05) is 36.2 Å². The SMILES string of the molecule is CCc1cc(N2CCO[C@@H](c3ccc(Cl)c(Cl)c3)C2)ncn1. The molecule has 1 aromatic carbocycles. The van der Waals surface area contributed by atoms with Crippen molar-refractivity contribution in [3.8, 4) is 0 Å². The number of nitrogens with zero attached hydrogens (tertiary/aromatic N) is 3. The van der Waals surface area contributed by atoms with Gasteiger partial charge in [0.2, 0.25) is 0 Å². The van der Waals surface area contributed by atoms with E-state index in [0.717, 1.165) is 36.6 Å². The summed E-state index contributed by atoms with van der Waals surface area (Å²) in [5, 5.41) is 1.11. The summed E-state index contributed by atoms with van der Waals surface area (Å²) in [5.41, 5.74) is 2.08. The van der Waals surface area contributed by atoms with Crippen LogP contribution in [0.3, 0.4) is 0 Å². The predicted octanol–water partition coefficient (Wildman–Crippen LogP) is 3.92. The highest BCUT2D eigenvalue weighted by molar-refractivity contribution is 6.42. The first-order valence-corrected chi connectivity index (χ1v) is 8.05. The number of ether oxygens (including phenoxy) is 1. The second kappa shape index (κ2) is 6.82. The van der Waals surface area contributed by atoms with Crippen LogP contribution in [-0.2, 0) is 11.2 Å². The highest BCUT2D eigenvalue weighted by Gasteiger charge is 2.23. The molecule has 1 saturated heterocycles. The number of hydrogen-bond acceptors (Lipinski definition) is 4. The van der Waals surface area contributed by atoms with Gasteiger partial charge in [0, 0.05) is 24.8 Å². The molecule has 2 aromatic rings. The number of morpholine rings is 1. The van der Waals surface area contributed by atoms with Gasteiger partial charge in [-0.15, -0.1) is 0 Å². The van der Waals surface area contributed by atoms with Gasteiger partial charge in [0.05, 0.1) is 16.7 Å². The van der Waals surface area contributed by atoms with Gasteiger partial charge in [-0.05, 0) is 24.1 Å². The Hall–Kier alpha value is -1.36. The van der Waals surface area contributed by atoms with Gasteiger partial charge >= 0.3 is 0 Å². The zero-order valence-corrected chi connectivity index (χ0v) is 13.8. The van der Waals surface area contributed by atoms with E-state index in [1.807, 2.05) is 18.2 Å². The Bertz CT molecular complexity index is 666. The lowest BCUT2D eigenvalue weighted by molar-refractivity contribution is 0.0395. The van der Waals surface area contributed by atoms with Crippen molar-refractivity contribution in [1.29, 1.82) is 0 Å². The molecular formula is C16H17Cl2N3O. The maximum Gasteiger partial charge on any atom is 0.132 e. The van der Waals surface area contributed by atoms with Crippen LogP contribution in [0.2, 0.25) is 10.0 Å². The monoisotopic (exact) mass is 337 g/mol. The van der Waals surface area contributed by atoms with E-state index in [1.165, 1.54) is 0 Å². The molecular weight excluding hydrogens is 321 g/mol. The molecule has 0 saturated carbocycles. The summed E-state index contributed by atoms with van der Waals surface area (Å²) in [6.45, 7) is 4.29. The van der Waals surface area contributed by atoms with Gasteiger partial charge < -0.3 is 9.64 Å². The minimum Gasteiger partial charge on any atom is -0.370 e.